The molecule has 0 aromatic carbocycles. The standard InChI is InChI=1S/C5H10NO2/c7-4-2-1-3-5(8)6-4/h2,4-8H,1,3H2. The molecule has 2 unspecified atom stereocenters. The van der Waals surface area contributed by atoms with Gasteiger partial charge in [-0.15, -0.1) is 0 Å². The fourth-order valence-corrected chi connectivity index (χ4v) is 0.760. The van der Waals surface area contributed by atoms with Crippen LogP contribution in [0.15, 0.2) is 0 Å². The van der Waals surface area contributed by atoms with Gasteiger partial charge in [0.1, 0.15) is 12.5 Å². The van der Waals surface area contributed by atoms with E-state index in [0.717, 1.165) is 6.42 Å². The number of aliphatic hydroxyl groups excluding tert-OH is 2. The zero-order valence-electron chi connectivity index (χ0n) is 4.54. The molecule has 0 aromatic rings. The lowest BCUT2D eigenvalue weighted by Crippen LogP contribution is -2.42. The molecule has 1 saturated heterocycles. The van der Waals surface area contributed by atoms with E-state index in [4.69, 9.17) is 10.2 Å². The van der Waals surface area contributed by atoms with E-state index in [1.165, 1.54) is 0 Å². The third-order valence-electron chi connectivity index (χ3n) is 1.19. The Morgan fingerprint density at radius 1 is 1.50 bits per heavy atom. The van der Waals surface area contributed by atoms with Crippen molar-refractivity contribution in [2.45, 2.75) is 25.3 Å². The summed E-state index contributed by atoms with van der Waals surface area (Å²) >= 11 is 0. The van der Waals surface area contributed by atoms with E-state index >= 15 is 0 Å². The summed E-state index contributed by atoms with van der Waals surface area (Å²) in [5.74, 6) is 0. The van der Waals surface area contributed by atoms with Crippen LogP contribution in [0.1, 0.15) is 12.8 Å². The summed E-state index contributed by atoms with van der Waals surface area (Å²) in [6.07, 6.45) is 2.09. The van der Waals surface area contributed by atoms with Gasteiger partial charge in [-0.25, -0.2) is 0 Å². The fraction of sp³-hybridized carbons (Fsp3) is 0.800. The Morgan fingerprint density at radius 3 is 2.62 bits per heavy atom. The van der Waals surface area contributed by atoms with Crippen molar-refractivity contribution < 1.29 is 10.2 Å². The third-order valence-corrected chi connectivity index (χ3v) is 1.19. The van der Waals surface area contributed by atoms with Gasteiger partial charge in [-0.05, 0) is 12.8 Å². The monoisotopic (exact) mass is 116 g/mol. The van der Waals surface area contributed by atoms with Crippen molar-refractivity contribution in [1.82, 2.24) is 5.32 Å². The maximum absolute atomic E-state index is 8.79. The van der Waals surface area contributed by atoms with E-state index < -0.39 is 12.5 Å². The molecule has 1 fully saturated rings. The first-order valence-corrected chi connectivity index (χ1v) is 2.74. The molecule has 1 radical (unpaired) electrons. The summed E-state index contributed by atoms with van der Waals surface area (Å²) in [5.41, 5.74) is 0. The highest BCUT2D eigenvalue weighted by atomic mass is 16.3. The minimum atomic E-state index is -0.612. The highest BCUT2D eigenvalue weighted by Crippen LogP contribution is 2.06. The Morgan fingerprint density at radius 2 is 2.25 bits per heavy atom. The van der Waals surface area contributed by atoms with Crippen molar-refractivity contribution in [3.63, 3.8) is 0 Å². The lowest BCUT2D eigenvalue weighted by atomic mass is 10.1. The molecule has 1 heterocycles. The molecule has 0 spiro atoms. The first-order chi connectivity index (χ1) is 3.79. The summed E-state index contributed by atoms with van der Waals surface area (Å²) in [5, 5.41) is 20.1. The number of rotatable bonds is 0. The number of aliphatic hydroxyl groups is 2. The molecule has 3 N–H and O–H groups in total. The van der Waals surface area contributed by atoms with Gasteiger partial charge in [0, 0.05) is 6.42 Å². The molecular weight excluding hydrogens is 106 g/mol. The Kier molecular flexibility index (Phi) is 1.83. The van der Waals surface area contributed by atoms with Crippen LogP contribution in [0, 0.1) is 6.42 Å². The molecule has 0 bridgehead atoms. The van der Waals surface area contributed by atoms with Crippen LogP contribution in [-0.4, -0.2) is 22.7 Å². The van der Waals surface area contributed by atoms with Crippen LogP contribution in [0.25, 0.3) is 0 Å². The van der Waals surface area contributed by atoms with Crippen molar-refractivity contribution in [3.8, 4) is 0 Å². The van der Waals surface area contributed by atoms with Crippen LogP contribution in [0.5, 0.6) is 0 Å². The molecule has 1 aliphatic rings. The molecule has 3 nitrogen and oxygen atoms in total. The Labute approximate surface area is 48.3 Å². The van der Waals surface area contributed by atoms with Crippen LogP contribution in [0.2, 0.25) is 0 Å². The molecule has 1 aliphatic heterocycles. The van der Waals surface area contributed by atoms with E-state index in [9.17, 15) is 0 Å². The van der Waals surface area contributed by atoms with Gasteiger partial charge in [0.2, 0.25) is 0 Å². The summed E-state index contributed by atoms with van der Waals surface area (Å²) in [4.78, 5) is 0. The third kappa shape index (κ3) is 1.43. The van der Waals surface area contributed by atoms with Crippen molar-refractivity contribution in [3.05, 3.63) is 6.42 Å². The van der Waals surface area contributed by atoms with Gasteiger partial charge >= 0.3 is 0 Å². The van der Waals surface area contributed by atoms with E-state index in [0.29, 0.717) is 6.42 Å². The summed E-state index contributed by atoms with van der Waals surface area (Å²) < 4.78 is 0. The molecule has 1 rings (SSSR count). The second-order valence-electron chi connectivity index (χ2n) is 1.94. The second-order valence-corrected chi connectivity index (χ2v) is 1.94. The normalized spacial score (nSPS) is 39.8. The van der Waals surface area contributed by atoms with Gasteiger partial charge in [0.15, 0.2) is 0 Å². The minimum Gasteiger partial charge on any atom is -0.379 e. The van der Waals surface area contributed by atoms with E-state index in [1.807, 2.05) is 0 Å². The molecular formula is C5H10NO2. The second kappa shape index (κ2) is 2.44. The van der Waals surface area contributed by atoms with Crippen molar-refractivity contribution in [2.75, 3.05) is 0 Å². The predicted molar refractivity (Wildman–Crippen MR) is 28.7 cm³/mol. The number of hydrogen-bond donors (Lipinski definition) is 3. The minimum absolute atomic E-state index is 0.519. The Balaban J connectivity index is 2.23. The maximum Gasteiger partial charge on any atom is 0.110 e. The quantitative estimate of drug-likeness (QED) is 0.389. The number of piperidine rings is 1. The average Bonchev–Trinajstić information content (AvgIpc) is 1.64. The maximum atomic E-state index is 8.79. The summed E-state index contributed by atoms with van der Waals surface area (Å²) in [6.45, 7) is 0. The summed E-state index contributed by atoms with van der Waals surface area (Å²) in [7, 11) is 0. The smallest absolute Gasteiger partial charge is 0.110 e. The molecule has 0 aromatic heterocycles. The molecule has 0 aliphatic carbocycles. The zero-order valence-corrected chi connectivity index (χ0v) is 4.54. The molecule has 8 heavy (non-hydrogen) atoms. The number of hydrogen-bond acceptors (Lipinski definition) is 3. The topological polar surface area (TPSA) is 52.5 Å². The first kappa shape index (κ1) is 6.01. The van der Waals surface area contributed by atoms with Gasteiger partial charge in [-0.3, -0.25) is 5.32 Å². The zero-order chi connectivity index (χ0) is 5.98. The molecule has 3 heteroatoms. The van der Waals surface area contributed by atoms with Gasteiger partial charge in [-0.1, -0.05) is 0 Å². The van der Waals surface area contributed by atoms with Crippen LogP contribution < -0.4 is 5.32 Å². The van der Waals surface area contributed by atoms with E-state index in [2.05, 4.69) is 5.32 Å². The van der Waals surface area contributed by atoms with Crippen LogP contribution in [0.3, 0.4) is 0 Å². The van der Waals surface area contributed by atoms with Gasteiger partial charge in [0.05, 0.1) is 0 Å². The molecule has 47 valence electrons. The molecule has 0 amide bonds. The van der Waals surface area contributed by atoms with Crippen LogP contribution in [0.4, 0.5) is 0 Å². The van der Waals surface area contributed by atoms with Gasteiger partial charge in [-0.2, -0.15) is 0 Å². The lowest BCUT2D eigenvalue weighted by molar-refractivity contribution is 0.0315. The van der Waals surface area contributed by atoms with Gasteiger partial charge in [0.25, 0.3) is 0 Å². The van der Waals surface area contributed by atoms with Crippen LogP contribution >= 0.6 is 0 Å². The van der Waals surface area contributed by atoms with E-state index in [-0.39, 0.29) is 0 Å². The van der Waals surface area contributed by atoms with Crippen molar-refractivity contribution in [1.29, 1.82) is 0 Å². The Bertz CT molecular complexity index is 68.8. The SMILES string of the molecule is OC1[CH]CCC(O)N1. The first-order valence-electron chi connectivity index (χ1n) is 2.74. The van der Waals surface area contributed by atoms with Crippen molar-refractivity contribution in [2.24, 2.45) is 0 Å². The highest BCUT2D eigenvalue weighted by Gasteiger charge is 2.15. The fourth-order valence-electron chi connectivity index (χ4n) is 0.760. The van der Waals surface area contributed by atoms with E-state index in [1.54, 1.807) is 6.42 Å². The molecule has 2 atom stereocenters. The van der Waals surface area contributed by atoms with Gasteiger partial charge < -0.3 is 10.2 Å². The highest BCUT2D eigenvalue weighted by molar-refractivity contribution is 4.80. The predicted octanol–water partition coefficient (Wildman–Crippen LogP) is -0.789. The largest absolute Gasteiger partial charge is 0.379 e. The Hall–Kier alpha value is -0.120. The average molecular weight is 116 g/mol. The molecule has 0 saturated carbocycles. The summed E-state index contributed by atoms with van der Waals surface area (Å²) in [6, 6.07) is 0. The van der Waals surface area contributed by atoms with Crippen LogP contribution in [-0.2, 0) is 0 Å². The lowest BCUT2D eigenvalue weighted by Gasteiger charge is -2.22. The van der Waals surface area contributed by atoms with Crippen molar-refractivity contribution >= 4 is 0 Å². The number of nitrogens with one attached hydrogen (secondary N) is 1.